The number of nitrogens with two attached hydrogens (primary N) is 1. The fraction of sp³-hybridized carbons (Fsp3) is 0.455. The number of nitrogens with zero attached hydrogens (tertiary/aromatic N) is 4. The van der Waals surface area contributed by atoms with Crippen LogP contribution < -0.4 is 20.5 Å². The van der Waals surface area contributed by atoms with Crippen LogP contribution in [0.3, 0.4) is 0 Å². The summed E-state index contributed by atoms with van der Waals surface area (Å²) in [7, 11) is 3.19. The summed E-state index contributed by atoms with van der Waals surface area (Å²) in [5.41, 5.74) is 5.01. The minimum atomic E-state index is -4.63. The summed E-state index contributed by atoms with van der Waals surface area (Å²) < 4.78 is 56.2. The molecule has 2 heterocycles. The Morgan fingerprint density at radius 3 is 2.50 bits per heavy atom. The molecular weight excluding hydrogens is 453 g/mol. The van der Waals surface area contributed by atoms with E-state index in [0.717, 1.165) is 12.8 Å². The number of nitrogens with one attached hydrogen (secondary N) is 1. The molecular formula is C22H25F3N6O3. The van der Waals surface area contributed by atoms with Crippen molar-refractivity contribution in [2.45, 2.75) is 38.6 Å². The predicted molar refractivity (Wildman–Crippen MR) is 119 cm³/mol. The van der Waals surface area contributed by atoms with Crippen LogP contribution in [0.25, 0.3) is 10.9 Å². The molecule has 0 saturated heterocycles. The van der Waals surface area contributed by atoms with Gasteiger partial charge in [-0.1, -0.05) is 0 Å². The Morgan fingerprint density at radius 2 is 1.85 bits per heavy atom. The Labute approximate surface area is 193 Å². The van der Waals surface area contributed by atoms with E-state index in [0.29, 0.717) is 52.6 Å². The van der Waals surface area contributed by atoms with Crippen LogP contribution in [0.1, 0.15) is 30.2 Å². The maximum atomic E-state index is 13.1. The van der Waals surface area contributed by atoms with Crippen LogP contribution in [0, 0.1) is 12.8 Å². The first kappa shape index (κ1) is 23.7. The van der Waals surface area contributed by atoms with Gasteiger partial charge >= 0.3 is 6.18 Å². The molecule has 34 heavy (non-hydrogen) atoms. The molecule has 1 aromatic carbocycles. The molecule has 12 heteroatoms. The van der Waals surface area contributed by atoms with Gasteiger partial charge in [0.05, 0.1) is 25.3 Å². The zero-order chi connectivity index (χ0) is 24.5. The van der Waals surface area contributed by atoms with Crippen LogP contribution in [-0.2, 0) is 17.5 Å². The lowest BCUT2D eigenvalue weighted by Gasteiger charge is -2.18. The molecule has 2 aromatic heterocycles. The molecule has 9 nitrogen and oxygen atoms in total. The van der Waals surface area contributed by atoms with Gasteiger partial charge in [0.15, 0.2) is 11.5 Å². The normalized spacial score (nSPS) is 14.8. The molecule has 3 N–H and O–H groups in total. The Hall–Kier alpha value is -3.41. The number of halogens is 3. The monoisotopic (exact) mass is 478 g/mol. The number of hydrogen-bond donors (Lipinski definition) is 2. The first-order valence-electron chi connectivity index (χ1n) is 10.6. The Kier molecular flexibility index (Phi) is 6.60. The number of anilines is 2. The highest BCUT2D eigenvalue weighted by molar-refractivity contribution is 5.91. The van der Waals surface area contributed by atoms with E-state index in [1.807, 2.05) is 0 Å². The fourth-order valence-electron chi connectivity index (χ4n) is 3.60. The number of benzene rings is 1. The molecule has 1 saturated carbocycles. The summed E-state index contributed by atoms with van der Waals surface area (Å²) in [5.74, 6) is 1.92. The SMILES string of the molecule is COc1cc2nc(C)nc(NCc3nc(N)cc(C(F)(F)F)n3)c2cc1OCC(OC)C1CC1. The van der Waals surface area contributed by atoms with Crippen molar-refractivity contribution in [3.63, 3.8) is 0 Å². The highest BCUT2D eigenvalue weighted by Gasteiger charge is 2.34. The summed E-state index contributed by atoms with van der Waals surface area (Å²) >= 11 is 0. The van der Waals surface area contributed by atoms with Gasteiger partial charge in [-0.05, 0) is 31.7 Å². The summed E-state index contributed by atoms with van der Waals surface area (Å²) in [5, 5.41) is 3.60. The van der Waals surface area contributed by atoms with Gasteiger partial charge in [0.1, 0.15) is 35.6 Å². The lowest BCUT2D eigenvalue weighted by Crippen LogP contribution is -2.22. The predicted octanol–water partition coefficient (Wildman–Crippen LogP) is 3.75. The first-order chi connectivity index (χ1) is 16.2. The highest BCUT2D eigenvalue weighted by atomic mass is 19.4. The van der Waals surface area contributed by atoms with E-state index >= 15 is 0 Å². The zero-order valence-corrected chi connectivity index (χ0v) is 18.9. The molecule has 1 fully saturated rings. The molecule has 0 amide bonds. The smallest absolute Gasteiger partial charge is 0.433 e. The van der Waals surface area contributed by atoms with Crippen LogP contribution >= 0.6 is 0 Å². The third-order valence-electron chi connectivity index (χ3n) is 5.44. The van der Waals surface area contributed by atoms with Crippen molar-refractivity contribution in [1.82, 2.24) is 19.9 Å². The second kappa shape index (κ2) is 9.45. The molecule has 182 valence electrons. The number of methoxy groups -OCH3 is 2. The molecule has 0 radical (unpaired) electrons. The lowest BCUT2D eigenvalue weighted by atomic mass is 10.2. The number of alkyl halides is 3. The zero-order valence-electron chi connectivity index (χ0n) is 18.9. The minimum Gasteiger partial charge on any atom is -0.493 e. The van der Waals surface area contributed by atoms with Gasteiger partial charge < -0.3 is 25.3 Å². The second-order valence-corrected chi connectivity index (χ2v) is 8.01. The number of hydrogen-bond acceptors (Lipinski definition) is 9. The molecule has 0 aliphatic heterocycles. The van der Waals surface area contributed by atoms with Gasteiger partial charge in [-0.15, -0.1) is 0 Å². The van der Waals surface area contributed by atoms with E-state index in [1.165, 1.54) is 7.11 Å². The highest BCUT2D eigenvalue weighted by Crippen LogP contribution is 2.37. The van der Waals surface area contributed by atoms with Gasteiger partial charge in [-0.25, -0.2) is 19.9 Å². The third kappa shape index (κ3) is 5.38. The largest absolute Gasteiger partial charge is 0.493 e. The lowest BCUT2D eigenvalue weighted by molar-refractivity contribution is -0.141. The van der Waals surface area contributed by atoms with Crippen LogP contribution in [0.4, 0.5) is 24.8 Å². The van der Waals surface area contributed by atoms with Gasteiger partial charge in [0, 0.05) is 24.6 Å². The summed E-state index contributed by atoms with van der Waals surface area (Å²) in [6.07, 6.45) is -2.43. The first-order valence-corrected chi connectivity index (χ1v) is 10.6. The summed E-state index contributed by atoms with van der Waals surface area (Å²) in [6, 6.07) is 4.15. The average Bonchev–Trinajstić information content (AvgIpc) is 3.62. The van der Waals surface area contributed by atoms with Crippen molar-refractivity contribution in [1.29, 1.82) is 0 Å². The quantitative estimate of drug-likeness (QED) is 0.474. The van der Waals surface area contributed by atoms with Crippen molar-refractivity contribution in [2.24, 2.45) is 5.92 Å². The number of ether oxygens (including phenoxy) is 3. The second-order valence-electron chi connectivity index (χ2n) is 8.01. The Morgan fingerprint density at radius 1 is 1.09 bits per heavy atom. The van der Waals surface area contributed by atoms with Gasteiger partial charge in [-0.2, -0.15) is 13.2 Å². The van der Waals surface area contributed by atoms with Crippen molar-refractivity contribution >= 4 is 22.5 Å². The topological polar surface area (TPSA) is 117 Å². The number of aromatic nitrogens is 4. The van der Waals surface area contributed by atoms with E-state index in [-0.39, 0.29) is 24.3 Å². The summed E-state index contributed by atoms with van der Waals surface area (Å²) in [4.78, 5) is 16.3. The van der Waals surface area contributed by atoms with Crippen molar-refractivity contribution in [2.75, 3.05) is 31.9 Å². The van der Waals surface area contributed by atoms with Crippen LogP contribution in [-0.4, -0.2) is 46.9 Å². The number of rotatable bonds is 9. The van der Waals surface area contributed by atoms with E-state index in [4.69, 9.17) is 19.9 Å². The molecule has 0 spiro atoms. The van der Waals surface area contributed by atoms with Gasteiger partial charge in [-0.3, -0.25) is 0 Å². The number of aryl methyl sites for hydroxylation is 1. The molecule has 1 atom stereocenters. The third-order valence-corrected chi connectivity index (χ3v) is 5.44. The fourth-order valence-corrected chi connectivity index (χ4v) is 3.60. The molecule has 0 bridgehead atoms. The molecule has 3 aromatic rings. The van der Waals surface area contributed by atoms with E-state index < -0.39 is 11.9 Å². The van der Waals surface area contributed by atoms with Gasteiger partial charge in [0.2, 0.25) is 0 Å². The molecule has 4 rings (SSSR count). The van der Waals surface area contributed by atoms with E-state index in [9.17, 15) is 13.2 Å². The number of fused-ring (bicyclic) bond motifs is 1. The maximum absolute atomic E-state index is 13.1. The van der Waals surface area contributed by atoms with Crippen LogP contribution in [0.5, 0.6) is 11.5 Å². The van der Waals surface area contributed by atoms with Crippen molar-refractivity contribution in [3.05, 3.63) is 35.5 Å². The Bertz CT molecular complexity index is 1190. The van der Waals surface area contributed by atoms with Crippen molar-refractivity contribution < 1.29 is 27.4 Å². The van der Waals surface area contributed by atoms with Gasteiger partial charge in [0.25, 0.3) is 0 Å². The van der Waals surface area contributed by atoms with E-state index in [2.05, 4.69) is 25.3 Å². The molecule has 1 aliphatic rings. The standard InChI is InChI=1S/C22H25F3N6O3/c1-11-28-14-7-15(32-2)16(34-10-17(33-3)12-4-5-12)6-13(14)21(29-11)27-9-20-30-18(22(23,24)25)8-19(26)31-20/h6-8,12,17H,4-5,9-10H2,1-3H3,(H2,26,30,31)(H,27,28,29). The molecule has 1 aliphatic carbocycles. The maximum Gasteiger partial charge on any atom is 0.433 e. The van der Waals surface area contributed by atoms with Crippen LogP contribution in [0.15, 0.2) is 18.2 Å². The average molecular weight is 478 g/mol. The number of nitrogen functional groups attached to an aromatic ring is 1. The minimum absolute atomic E-state index is 0.0178. The van der Waals surface area contributed by atoms with E-state index in [1.54, 1.807) is 26.2 Å². The van der Waals surface area contributed by atoms with Crippen LogP contribution in [0.2, 0.25) is 0 Å². The summed E-state index contributed by atoms with van der Waals surface area (Å²) in [6.45, 7) is 1.93. The van der Waals surface area contributed by atoms with Crippen molar-refractivity contribution in [3.8, 4) is 11.5 Å². The molecule has 1 unspecified atom stereocenters. The Balaban J connectivity index is 1.62.